The van der Waals surface area contributed by atoms with Crippen molar-refractivity contribution >= 4 is 52.5 Å². The molecular weight excluding hydrogens is 485 g/mol. The Bertz CT molecular complexity index is 1080. The second-order valence-electron chi connectivity index (χ2n) is 9.68. The first-order valence-corrected chi connectivity index (χ1v) is 12.0. The zero-order valence-corrected chi connectivity index (χ0v) is 21.0. The largest absolute Gasteiger partial charge is 0.444 e. The molecule has 2 aliphatic heterocycles. The molecule has 1 fully saturated rings. The second-order valence-corrected chi connectivity index (χ2v) is 10.9. The van der Waals surface area contributed by atoms with Crippen LogP contribution in [-0.2, 0) is 21.4 Å². The third-order valence-corrected chi connectivity index (χ3v) is 6.81. The maximum atomic E-state index is 13.7. The van der Waals surface area contributed by atoms with Crippen molar-refractivity contribution in [2.45, 2.75) is 51.0 Å². The Morgan fingerprint density at radius 1 is 1.21 bits per heavy atom. The summed E-state index contributed by atoms with van der Waals surface area (Å²) in [7, 11) is 0. The predicted molar refractivity (Wildman–Crippen MR) is 130 cm³/mol. The average Bonchev–Trinajstić information content (AvgIpc) is 2.97. The van der Waals surface area contributed by atoms with E-state index >= 15 is 0 Å². The monoisotopic (exact) mass is 509 g/mol. The first-order valence-electron chi connectivity index (χ1n) is 10.9. The Hall–Kier alpha value is -2.02. The molecule has 33 heavy (non-hydrogen) atoms. The summed E-state index contributed by atoms with van der Waals surface area (Å²) in [6.07, 6.45) is 1.54. The number of nitrogens with zero attached hydrogens (tertiary/aromatic N) is 2. The number of carbonyl (C=O) groups is 2. The molecule has 0 radical (unpaired) electrons. The van der Waals surface area contributed by atoms with Crippen molar-refractivity contribution in [3.63, 3.8) is 0 Å². The van der Waals surface area contributed by atoms with Gasteiger partial charge in [-0.2, -0.15) is 0 Å². The molecule has 1 aromatic carbocycles. The highest BCUT2D eigenvalue weighted by Crippen LogP contribution is 2.49. The molecule has 1 N–H and O–H groups in total. The van der Waals surface area contributed by atoms with E-state index in [0.29, 0.717) is 30.2 Å². The van der Waals surface area contributed by atoms with Gasteiger partial charge in [0.1, 0.15) is 15.9 Å². The Kier molecular flexibility index (Phi) is 6.56. The van der Waals surface area contributed by atoms with Crippen LogP contribution in [0.5, 0.6) is 0 Å². The van der Waals surface area contributed by atoms with Crippen LogP contribution in [0.4, 0.5) is 10.5 Å². The van der Waals surface area contributed by atoms with Gasteiger partial charge in [-0.05, 0) is 81.3 Å². The summed E-state index contributed by atoms with van der Waals surface area (Å²) < 4.78 is 5.61. The van der Waals surface area contributed by atoms with Crippen LogP contribution in [0, 0.1) is 5.92 Å². The Morgan fingerprint density at radius 2 is 1.91 bits per heavy atom. The fourth-order valence-electron chi connectivity index (χ4n) is 4.90. The molecule has 2 aromatic rings. The predicted octanol–water partition coefficient (Wildman–Crippen LogP) is 6.12. The number of piperidine rings is 1. The third-order valence-electron chi connectivity index (χ3n) is 6.19. The van der Waals surface area contributed by atoms with Gasteiger partial charge in [-0.1, -0.05) is 40.9 Å². The number of benzene rings is 1. The number of ether oxygens (including phenoxy) is 1. The van der Waals surface area contributed by atoms with Crippen molar-refractivity contribution in [3.8, 4) is 0 Å². The van der Waals surface area contributed by atoms with Crippen molar-refractivity contribution in [1.29, 1.82) is 0 Å². The molecule has 1 aromatic heterocycles. The minimum absolute atomic E-state index is 0.125. The topological polar surface area (TPSA) is 71.5 Å². The summed E-state index contributed by atoms with van der Waals surface area (Å²) in [5, 5.41) is 4.09. The number of aromatic nitrogens is 1. The number of amides is 2. The lowest BCUT2D eigenvalue weighted by molar-refractivity contribution is -0.123. The SMILES string of the molecule is CC(C)(C)OC(=O)N1CCCC(C2(Cc3cc(Cl)nc(Cl)c3)C(=O)Nc3cc(Cl)ccc32)C1. The van der Waals surface area contributed by atoms with E-state index in [0.717, 1.165) is 24.0 Å². The fourth-order valence-corrected chi connectivity index (χ4v) is 5.58. The number of carbonyl (C=O) groups excluding carboxylic acids is 2. The molecule has 0 aliphatic carbocycles. The minimum Gasteiger partial charge on any atom is -0.444 e. The van der Waals surface area contributed by atoms with E-state index < -0.39 is 11.0 Å². The highest BCUT2D eigenvalue weighted by molar-refractivity contribution is 6.32. The minimum atomic E-state index is -0.922. The molecule has 3 heterocycles. The van der Waals surface area contributed by atoms with Gasteiger partial charge in [0.2, 0.25) is 5.91 Å². The van der Waals surface area contributed by atoms with Crippen molar-refractivity contribution in [2.24, 2.45) is 5.92 Å². The van der Waals surface area contributed by atoms with Gasteiger partial charge in [-0.3, -0.25) is 4.79 Å². The fraction of sp³-hybridized carbons (Fsp3) is 0.458. The van der Waals surface area contributed by atoms with Gasteiger partial charge in [-0.15, -0.1) is 0 Å². The van der Waals surface area contributed by atoms with Crippen LogP contribution < -0.4 is 5.32 Å². The Balaban J connectivity index is 1.76. The quantitative estimate of drug-likeness (QED) is 0.505. The molecule has 2 unspecified atom stereocenters. The normalized spacial score (nSPS) is 22.7. The van der Waals surface area contributed by atoms with Crippen LogP contribution >= 0.6 is 34.8 Å². The lowest BCUT2D eigenvalue weighted by atomic mass is 9.65. The molecule has 176 valence electrons. The van der Waals surface area contributed by atoms with Crippen LogP contribution in [0.15, 0.2) is 30.3 Å². The number of fused-ring (bicyclic) bond motifs is 1. The molecule has 0 spiro atoms. The first-order chi connectivity index (χ1) is 15.5. The summed E-state index contributed by atoms with van der Waals surface area (Å²) in [6.45, 7) is 6.51. The number of anilines is 1. The number of hydrogen-bond acceptors (Lipinski definition) is 4. The number of rotatable bonds is 3. The highest BCUT2D eigenvalue weighted by atomic mass is 35.5. The van der Waals surface area contributed by atoms with Gasteiger partial charge >= 0.3 is 6.09 Å². The zero-order valence-electron chi connectivity index (χ0n) is 18.8. The van der Waals surface area contributed by atoms with E-state index in [9.17, 15) is 9.59 Å². The van der Waals surface area contributed by atoms with Crippen LogP contribution in [0.3, 0.4) is 0 Å². The number of nitrogens with one attached hydrogen (secondary N) is 1. The van der Waals surface area contributed by atoms with Crippen molar-refractivity contribution in [3.05, 3.63) is 56.8 Å². The molecule has 1 saturated heterocycles. The maximum Gasteiger partial charge on any atom is 0.410 e. The van der Waals surface area contributed by atoms with Crippen molar-refractivity contribution < 1.29 is 14.3 Å². The average molecular weight is 511 g/mol. The maximum absolute atomic E-state index is 13.7. The van der Waals surface area contributed by atoms with E-state index in [2.05, 4.69) is 10.3 Å². The lowest BCUT2D eigenvalue weighted by Gasteiger charge is -2.42. The molecule has 2 amide bonds. The Morgan fingerprint density at radius 3 is 2.58 bits per heavy atom. The van der Waals surface area contributed by atoms with Crippen LogP contribution in [0.2, 0.25) is 15.3 Å². The lowest BCUT2D eigenvalue weighted by Crippen LogP contribution is -2.52. The molecule has 0 saturated carbocycles. The van der Waals surface area contributed by atoms with Gasteiger partial charge in [0, 0.05) is 23.8 Å². The third kappa shape index (κ3) is 4.93. The van der Waals surface area contributed by atoms with Crippen LogP contribution in [-0.4, -0.2) is 40.6 Å². The van der Waals surface area contributed by atoms with Gasteiger partial charge < -0.3 is 15.0 Å². The molecule has 2 aliphatic rings. The second kappa shape index (κ2) is 8.97. The van der Waals surface area contributed by atoms with Crippen molar-refractivity contribution in [1.82, 2.24) is 9.88 Å². The van der Waals surface area contributed by atoms with Gasteiger partial charge in [0.15, 0.2) is 0 Å². The summed E-state index contributed by atoms with van der Waals surface area (Å²) in [5.41, 5.74) is 0.826. The van der Waals surface area contributed by atoms with E-state index in [1.165, 1.54) is 0 Å². The summed E-state index contributed by atoms with van der Waals surface area (Å²) in [4.78, 5) is 32.2. The first kappa shape index (κ1) is 24.1. The molecular formula is C24H26Cl3N3O3. The van der Waals surface area contributed by atoms with Gasteiger partial charge in [0.25, 0.3) is 0 Å². The molecule has 9 heteroatoms. The molecule has 6 nitrogen and oxygen atoms in total. The number of pyridine rings is 1. The van der Waals surface area contributed by atoms with Crippen LogP contribution in [0.1, 0.15) is 44.7 Å². The number of halogens is 3. The number of likely N-dealkylation sites (tertiary alicyclic amines) is 1. The highest BCUT2D eigenvalue weighted by Gasteiger charge is 2.53. The van der Waals surface area contributed by atoms with Gasteiger partial charge in [-0.25, -0.2) is 9.78 Å². The zero-order chi connectivity index (χ0) is 24.0. The molecule has 2 atom stereocenters. The Labute approximate surface area is 208 Å². The standard InChI is InChI=1S/C24H26Cl3N3O3/c1-23(2,3)33-22(32)30-8-4-5-15(13-30)24(12-14-9-19(26)29-20(27)10-14)17-7-6-16(25)11-18(17)28-21(24)31/h6-7,9-11,15H,4-5,8,12-13H2,1-3H3,(H,28,31). The van der Waals surface area contributed by atoms with E-state index in [1.54, 1.807) is 29.2 Å². The summed E-state index contributed by atoms with van der Waals surface area (Å²) >= 11 is 18.5. The van der Waals surface area contributed by atoms with E-state index in [1.807, 2.05) is 26.8 Å². The van der Waals surface area contributed by atoms with E-state index in [4.69, 9.17) is 39.5 Å². The molecule has 0 bridgehead atoms. The van der Waals surface area contributed by atoms with Crippen LogP contribution in [0.25, 0.3) is 0 Å². The number of hydrogen-bond donors (Lipinski definition) is 1. The van der Waals surface area contributed by atoms with Crippen molar-refractivity contribution in [2.75, 3.05) is 18.4 Å². The van der Waals surface area contributed by atoms with Gasteiger partial charge in [0.05, 0.1) is 5.41 Å². The summed E-state index contributed by atoms with van der Waals surface area (Å²) in [6, 6.07) is 8.90. The summed E-state index contributed by atoms with van der Waals surface area (Å²) in [5.74, 6) is -0.272. The molecule has 4 rings (SSSR count). The smallest absolute Gasteiger partial charge is 0.410 e. The van der Waals surface area contributed by atoms with E-state index in [-0.39, 0.29) is 28.2 Å².